The van der Waals surface area contributed by atoms with Crippen LogP contribution < -0.4 is 5.32 Å². The summed E-state index contributed by atoms with van der Waals surface area (Å²) in [7, 11) is 1.30. The Morgan fingerprint density at radius 1 is 1.16 bits per heavy atom. The summed E-state index contributed by atoms with van der Waals surface area (Å²) >= 11 is 0. The zero-order valence-corrected chi connectivity index (χ0v) is 11.6. The summed E-state index contributed by atoms with van der Waals surface area (Å²) in [6.07, 6.45) is 3.21. The summed E-state index contributed by atoms with van der Waals surface area (Å²) in [4.78, 5) is 22.2. The van der Waals surface area contributed by atoms with Crippen molar-refractivity contribution in [3.8, 4) is 0 Å². The summed E-state index contributed by atoms with van der Waals surface area (Å²) in [5.74, 6) is -0.526. The van der Waals surface area contributed by atoms with Gasteiger partial charge in [0.2, 0.25) is 5.91 Å². The van der Waals surface area contributed by atoms with Gasteiger partial charge in [0.15, 0.2) is 0 Å². The first-order valence-corrected chi connectivity index (χ1v) is 6.51. The van der Waals surface area contributed by atoms with Gasteiger partial charge in [-0.2, -0.15) is 0 Å². The highest BCUT2D eigenvalue weighted by atomic mass is 16.5. The van der Waals surface area contributed by atoms with E-state index in [0.717, 1.165) is 19.3 Å². The van der Waals surface area contributed by atoms with Gasteiger partial charge in [0, 0.05) is 6.42 Å². The molecule has 0 aliphatic carbocycles. The van der Waals surface area contributed by atoms with Gasteiger partial charge in [-0.3, -0.25) is 9.59 Å². The first-order valence-electron chi connectivity index (χ1n) is 6.51. The van der Waals surface area contributed by atoms with Crippen molar-refractivity contribution in [3.63, 3.8) is 0 Å². The number of amides is 1. The molecule has 4 nitrogen and oxygen atoms in total. The standard InChI is InChI=1S/C15H21NO3/c1-12-7-9-13(10-8-12)5-3-4-6-14(17)16-11-15(18)19-2/h7-10H,3-6,11H2,1-2H3,(H,16,17). The van der Waals surface area contributed by atoms with Gasteiger partial charge >= 0.3 is 5.97 Å². The zero-order valence-electron chi connectivity index (χ0n) is 11.6. The van der Waals surface area contributed by atoms with E-state index in [9.17, 15) is 9.59 Å². The topological polar surface area (TPSA) is 55.4 Å². The second-order valence-corrected chi connectivity index (χ2v) is 4.55. The van der Waals surface area contributed by atoms with Gasteiger partial charge in [-0.05, 0) is 31.7 Å². The number of aryl methyl sites for hydroxylation is 2. The second kappa shape index (κ2) is 8.29. The summed E-state index contributed by atoms with van der Waals surface area (Å²) in [6.45, 7) is 2.02. The van der Waals surface area contributed by atoms with Gasteiger partial charge in [0.05, 0.1) is 7.11 Å². The Morgan fingerprint density at radius 2 is 1.84 bits per heavy atom. The molecule has 0 radical (unpaired) electrons. The summed E-state index contributed by atoms with van der Waals surface area (Å²) < 4.78 is 4.44. The van der Waals surface area contributed by atoms with Crippen LogP contribution in [0.4, 0.5) is 0 Å². The van der Waals surface area contributed by atoms with Gasteiger partial charge in [-0.25, -0.2) is 0 Å². The van der Waals surface area contributed by atoms with Crippen LogP contribution in [0.2, 0.25) is 0 Å². The Labute approximate surface area is 114 Å². The first kappa shape index (κ1) is 15.2. The van der Waals surface area contributed by atoms with Crippen molar-refractivity contribution in [2.45, 2.75) is 32.6 Å². The van der Waals surface area contributed by atoms with Crippen molar-refractivity contribution in [1.82, 2.24) is 5.32 Å². The van der Waals surface area contributed by atoms with Crippen LogP contribution in [0.3, 0.4) is 0 Å². The number of carbonyl (C=O) groups is 2. The van der Waals surface area contributed by atoms with Crippen LogP contribution in [0.1, 0.15) is 30.4 Å². The maximum absolute atomic E-state index is 11.4. The summed E-state index contributed by atoms with van der Waals surface area (Å²) in [5.41, 5.74) is 2.55. The van der Waals surface area contributed by atoms with Crippen molar-refractivity contribution in [2.24, 2.45) is 0 Å². The smallest absolute Gasteiger partial charge is 0.325 e. The Hall–Kier alpha value is -1.84. The van der Waals surface area contributed by atoms with E-state index in [4.69, 9.17) is 0 Å². The molecule has 0 saturated heterocycles. The molecule has 0 aliphatic rings. The Bertz CT molecular complexity index is 412. The fraction of sp³-hybridized carbons (Fsp3) is 0.467. The van der Waals surface area contributed by atoms with Crippen LogP contribution >= 0.6 is 0 Å². The molecule has 0 heterocycles. The molecule has 1 aromatic carbocycles. The van der Waals surface area contributed by atoms with E-state index in [0.29, 0.717) is 6.42 Å². The number of carbonyl (C=O) groups excluding carboxylic acids is 2. The van der Waals surface area contributed by atoms with Crippen molar-refractivity contribution < 1.29 is 14.3 Å². The second-order valence-electron chi connectivity index (χ2n) is 4.55. The quantitative estimate of drug-likeness (QED) is 0.604. The number of unbranched alkanes of at least 4 members (excludes halogenated alkanes) is 1. The molecule has 1 amide bonds. The van der Waals surface area contributed by atoms with Crippen molar-refractivity contribution >= 4 is 11.9 Å². The molecule has 0 spiro atoms. The average molecular weight is 263 g/mol. The number of esters is 1. The van der Waals surface area contributed by atoms with Gasteiger partial charge in [0.1, 0.15) is 6.54 Å². The Balaban J connectivity index is 2.11. The van der Waals surface area contributed by atoms with Gasteiger partial charge < -0.3 is 10.1 Å². The fourth-order valence-electron chi connectivity index (χ4n) is 1.70. The van der Waals surface area contributed by atoms with Gasteiger partial charge in [-0.1, -0.05) is 29.8 Å². The van der Waals surface area contributed by atoms with E-state index in [1.165, 1.54) is 18.2 Å². The monoisotopic (exact) mass is 263 g/mol. The first-order chi connectivity index (χ1) is 9.11. The highest BCUT2D eigenvalue weighted by Gasteiger charge is 2.04. The van der Waals surface area contributed by atoms with Crippen LogP contribution in [-0.4, -0.2) is 25.5 Å². The zero-order chi connectivity index (χ0) is 14.1. The van der Waals surface area contributed by atoms with Crippen LogP contribution in [0.25, 0.3) is 0 Å². The third-order valence-corrected chi connectivity index (χ3v) is 2.90. The molecule has 0 unspecified atom stereocenters. The summed E-state index contributed by atoms with van der Waals surface area (Å²) in [5, 5.41) is 2.53. The minimum atomic E-state index is -0.423. The highest BCUT2D eigenvalue weighted by molar-refractivity contribution is 5.81. The minimum Gasteiger partial charge on any atom is -0.468 e. The molecule has 0 bridgehead atoms. The highest BCUT2D eigenvalue weighted by Crippen LogP contribution is 2.08. The lowest BCUT2D eigenvalue weighted by Gasteiger charge is -2.04. The van der Waals surface area contributed by atoms with Crippen LogP contribution in [0.15, 0.2) is 24.3 Å². The normalized spacial score (nSPS) is 10.0. The number of rotatable bonds is 7. The lowest BCUT2D eigenvalue weighted by Crippen LogP contribution is -2.29. The molecular formula is C15H21NO3. The number of ether oxygens (including phenoxy) is 1. The largest absolute Gasteiger partial charge is 0.468 e. The predicted molar refractivity (Wildman–Crippen MR) is 73.8 cm³/mol. The molecule has 104 valence electrons. The molecule has 0 saturated carbocycles. The minimum absolute atomic E-state index is 0.0483. The Morgan fingerprint density at radius 3 is 2.47 bits per heavy atom. The molecule has 19 heavy (non-hydrogen) atoms. The molecule has 4 heteroatoms. The Kier molecular flexibility index (Phi) is 6.64. The third-order valence-electron chi connectivity index (χ3n) is 2.90. The number of methoxy groups -OCH3 is 1. The lowest BCUT2D eigenvalue weighted by atomic mass is 10.1. The van der Waals surface area contributed by atoms with Crippen molar-refractivity contribution in [2.75, 3.05) is 13.7 Å². The van der Waals surface area contributed by atoms with Crippen molar-refractivity contribution in [1.29, 1.82) is 0 Å². The SMILES string of the molecule is COC(=O)CNC(=O)CCCCc1ccc(C)cc1. The fourth-order valence-corrected chi connectivity index (χ4v) is 1.70. The molecule has 0 aliphatic heterocycles. The lowest BCUT2D eigenvalue weighted by molar-refractivity contribution is -0.141. The van der Waals surface area contributed by atoms with Crippen LogP contribution in [-0.2, 0) is 20.7 Å². The third kappa shape index (κ3) is 6.60. The van der Waals surface area contributed by atoms with E-state index in [-0.39, 0.29) is 12.5 Å². The number of nitrogens with one attached hydrogen (secondary N) is 1. The van der Waals surface area contributed by atoms with Crippen LogP contribution in [0.5, 0.6) is 0 Å². The van der Waals surface area contributed by atoms with Gasteiger partial charge in [0.25, 0.3) is 0 Å². The molecule has 1 aromatic rings. The molecular weight excluding hydrogens is 242 g/mol. The molecule has 1 N–H and O–H groups in total. The number of hydrogen-bond donors (Lipinski definition) is 1. The summed E-state index contributed by atoms with van der Waals surface area (Å²) in [6, 6.07) is 8.43. The molecule has 0 aromatic heterocycles. The van der Waals surface area contributed by atoms with E-state index in [1.54, 1.807) is 0 Å². The van der Waals surface area contributed by atoms with E-state index < -0.39 is 5.97 Å². The van der Waals surface area contributed by atoms with Crippen LogP contribution in [0, 0.1) is 6.92 Å². The maximum atomic E-state index is 11.4. The number of benzene rings is 1. The molecule has 0 atom stereocenters. The van der Waals surface area contributed by atoms with E-state index in [1.807, 2.05) is 0 Å². The van der Waals surface area contributed by atoms with E-state index in [2.05, 4.69) is 41.2 Å². The molecule has 1 rings (SSSR count). The maximum Gasteiger partial charge on any atom is 0.325 e. The van der Waals surface area contributed by atoms with Crippen molar-refractivity contribution in [3.05, 3.63) is 35.4 Å². The number of hydrogen-bond acceptors (Lipinski definition) is 3. The predicted octanol–water partition coefficient (Wildman–Crippen LogP) is 2.00. The van der Waals surface area contributed by atoms with E-state index >= 15 is 0 Å². The molecule has 0 fully saturated rings. The average Bonchev–Trinajstić information content (AvgIpc) is 2.42. The van der Waals surface area contributed by atoms with Gasteiger partial charge in [-0.15, -0.1) is 0 Å².